The van der Waals surface area contributed by atoms with Crippen LogP contribution in [0.25, 0.3) is 0 Å². The van der Waals surface area contributed by atoms with Gasteiger partial charge in [0.05, 0.1) is 12.6 Å². The molecule has 0 unspecified atom stereocenters. The van der Waals surface area contributed by atoms with Crippen molar-refractivity contribution in [3.05, 3.63) is 64.2 Å². The number of hydrogen-bond donors (Lipinski definition) is 3. The van der Waals surface area contributed by atoms with Gasteiger partial charge in [0.2, 0.25) is 0 Å². The van der Waals surface area contributed by atoms with E-state index >= 15 is 0 Å². The summed E-state index contributed by atoms with van der Waals surface area (Å²) in [7, 11) is 0. The Kier molecular flexibility index (Phi) is 6.38. The summed E-state index contributed by atoms with van der Waals surface area (Å²) in [6.07, 6.45) is 1.03. The Hall–Kier alpha value is -2.08. The van der Waals surface area contributed by atoms with E-state index in [0.29, 0.717) is 11.6 Å². The Morgan fingerprint density at radius 3 is 2.72 bits per heavy atom. The van der Waals surface area contributed by atoms with Crippen LogP contribution >= 0.6 is 11.6 Å². The first-order chi connectivity index (χ1) is 14.1. The van der Waals surface area contributed by atoms with E-state index in [-0.39, 0.29) is 11.9 Å². The third-order valence-electron chi connectivity index (χ3n) is 6.01. The Morgan fingerprint density at radius 2 is 1.93 bits per heavy atom. The lowest BCUT2D eigenvalue weighted by Crippen LogP contribution is -3.28. The van der Waals surface area contributed by atoms with Crippen LogP contribution in [0, 0.1) is 0 Å². The monoisotopic (exact) mass is 415 g/mol. The second kappa shape index (κ2) is 9.16. The molecule has 0 radical (unpaired) electrons. The molecule has 0 spiro atoms. The largest absolute Gasteiger partial charge is 0.493 e. The highest BCUT2D eigenvalue weighted by Gasteiger charge is 2.26. The van der Waals surface area contributed by atoms with Crippen LogP contribution in [0.1, 0.15) is 29.7 Å². The number of fused-ring (bicyclic) bond motifs is 1. The predicted octanol–water partition coefficient (Wildman–Crippen LogP) is 0.436. The first kappa shape index (κ1) is 20.2. The van der Waals surface area contributed by atoms with Gasteiger partial charge in [-0.2, -0.15) is 0 Å². The normalized spacial score (nSPS) is 21.9. The fourth-order valence-corrected chi connectivity index (χ4v) is 4.53. The number of piperazine rings is 1. The van der Waals surface area contributed by atoms with Gasteiger partial charge >= 0.3 is 0 Å². The molecule has 2 aliphatic heterocycles. The lowest BCUT2D eigenvalue weighted by atomic mass is 10.1. The molecule has 0 saturated carbocycles. The van der Waals surface area contributed by atoms with Crippen LogP contribution in [-0.4, -0.2) is 45.2 Å². The van der Waals surface area contributed by atoms with E-state index < -0.39 is 0 Å². The first-order valence-corrected chi connectivity index (χ1v) is 10.9. The molecule has 1 fully saturated rings. The molecule has 6 heteroatoms. The van der Waals surface area contributed by atoms with Gasteiger partial charge in [-0.1, -0.05) is 23.7 Å². The van der Waals surface area contributed by atoms with Gasteiger partial charge in [-0.15, -0.1) is 0 Å². The number of carbonyl (C=O) groups is 1. The SMILES string of the molecule is C[C@H](NC(=O)C[NH+]1CC[NH+](Cc2ccc3c(c2)CCO3)CC1)c1cccc(Cl)c1. The summed E-state index contributed by atoms with van der Waals surface area (Å²) < 4.78 is 5.60. The Morgan fingerprint density at radius 1 is 1.14 bits per heavy atom. The molecule has 0 bridgehead atoms. The molecule has 0 aliphatic carbocycles. The van der Waals surface area contributed by atoms with Crippen LogP contribution in [0.15, 0.2) is 42.5 Å². The minimum atomic E-state index is -0.0312. The van der Waals surface area contributed by atoms with Crippen LogP contribution in [-0.2, 0) is 17.8 Å². The molecule has 1 atom stereocenters. The predicted molar refractivity (Wildman–Crippen MR) is 114 cm³/mol. The Labute approximate surface area is 177 Å². The van der Waals surface area contributed by atoms with Gasteiger partial charge in [0.1, 0.15) is 38.5 Å². The van der Waals surface area contributed by atoms with Crippen LogP contribution in [0.2, 0.25) is 5.02 Å². The molecular weight excluding hydrogens is 386 g/mol. The van der Waals surface area contributed by atoms with E-state index in [4.69, 9.17) is 16.3 Å². The van der Waals surface area contributed by atoms with Crippen molar-refractivity contribution < 1.29 is 19.3 Å². The number of ether oxygens (including phenoxy) is 1. The van der Waals surface area contributed by atoms with E-state index in [0.717, 1.165) is 57.1 Å². The van der Waals surface area contributed by atoms with Crippen molar-refractivity contribution in [2.24, 2.45) is 0 Å². The molecule has 2 aromatic carbocycles. The van der Waals surface area contributed by atoms with Crippen LogP contribution in [0.5, 0.6) is 5.75 Å². The number of nitrogens with one attached hydrogen (secondary N) is 3. The number of benzene rings is 2. The van der Waals surface area contributed by atoms with Crippen LogP contribution in [0.3, 0.4) is 0 Å². The summed E-state index contributed by atoms with van der Waals surface area (Å²) in [5, 5.41) is 3.81. The zero-order valence-corrected chi connectivity index (χ0v) is 17.7. The number of carbonyl (C=O) groups excluding carboxylic acids is 1. The second-order valence-electron chi connectivity index (χ2n) is 8.24. The molecule has 2 aliphatic rings. The van der Waals surface area contributed by atoms with Crippen molar-refractivity contribution in [1.82, 2.24) is 5.32 Å². The van der Waals surface area contributed by atoms with E-state index in [1.165, 1.54) is 16.0 Å². The molecule has 1 amide bonds. The fourth-order valence-electron chi connectivity index (χ4n) is 4.33. The number of rotatable bonds is 6. The highest BCUT2D eigenvalue weighted by molar-refractivity contribution is 6.30. The maximum atomic E-state index is 12.5. The van der Waals surface area contributed by atoms with Crippen molar-refractivity contribution in [2.45, 2.75) is 25.9 Å². The number of hydrogen-bond acceptors (Lipinski definition) is 2. The van der Waals surface area contributed by atoms with Gasteiger partial charge in [-0.05, 0) is 48.4 Å². The van der Waals surface area contributed by atoms with E-state index in [1.807, 2.05) is 31.2 Å². The highest BCUT2D eigenvalue weighted by Crippen LogP contribution is 2.25. The standard InChI is InChI=1S/C23H28ClN3O2/c1-17(19-3-2-4-21(24)14-19)25-23(28)16-27-10-8-26(9-11-27)15-18-5-6-22-20(13-18)7-12-29-22/h2-6,13-14,17H,7-12,15-16H2,1H3,(H,25,28)/p+2/t17-/m0/s1. The number of quaternary nitrogens is 2. The zero-order chi connectivity index (χ0) is 20.2. The highest BCUT2D eigenvalue weighted by atomic mass is 35.5. The van der Waals surface area contributed by atoms with Crippen LogP contribution < -0.4 is 19.9 Å². The molecule has 3 N–H and O–H groups in total. The zero-order valence-electron chi connectivity index (χ0n) is 17.0. The summed E-state index contributed by atoms with van der Waals surface area (Å²) in [4.78, 5) is 15.4. The second-order valence-corrected chi connectivity index (χ2v) is 8.67. The average molecular weight is 416 g/mol. The number of halogens is 1. The lowest BCUT2D eigenvalue weighted by Gasteiger charge is -2.29. The molecule has 0 aromatic heterocycles. The van der Waals surface area contributed by atoms with Crippen molar-refractivity contribution in [3.63, 3.8) is 0 Å². The topological polar surface area (TPSA) is 47.2 Å². The lowest BCUT2D eigenvalue weighted by molar-refractivity contribution is -1.02. The van der Waals surface area contributed by atoms with Crippen molar-refractivity contribution in [1.29, 1.82) is 0 Å². The van der Waals surface area contributed by atoms with E-state index in [9.17, 15) is 4.79 Å². The molecule has 2 aromatic rings. The Bertz CT molecular complexity index is 865. The minimum absolute atomic E-state index is 0.0312. The third kappa shape index (κ3) is 5.30. The summed E-state index contributed by atoms with van der Waals surface area (Å²) in [5.74, 6) is 1.16. The van der Waals surface area contributed by atoms with Crippen molar-refractivity contribution in [3.8, 4) is 5.75 Å². The van der Waals surface area contributed by atoms with Gasteiger partial charge in [-0.25, -0.2) is 0 Å². The Balaban J connectivity index is 1.22. The van der Waals surface area contributed by atoms with Gasteiger partial charge in [0.25, 0.3) is 5.91 Å². The molecule has 29 heavy (non-hydrogen) atoms. The van der Waals surface area contributed by atoms with E-state index in [2.05, 4.69) is 23.5 Å². The summed E-state index contributed by atoms with van der Waals surface area (Å²) in [6, 6.07) is 14.3. The first-order valence-electron chi connectivity index (χ1n) is 10.5. The van der Waals surface area contributed by atoms with Crippen molar-refractivity contribution in [2.75, 3.05) is 39.3 Å². The molecule has 1 saturated heterocycles. The molecule has 5 nitrogen and oxygen atoms in total. The smallest absolute Gasteiger partial charge is 0.275 e. The van der Waals surface area contributed by atoms with Gasteiger partial charge in [-0.3, -0.25) is 4.79 Å². The quantitative estimate of drug-likeness (QED) is 0.641. The fraction of sp³-hybridized carbons (Fsp3) is 0.435. The third-order valence-corrected chi connectivity index (χ3v) is 6.24. The number of amides is 1. The maximum Gasteiger partial charge on any atom is 0.275 e. The van der Waals surface area contributed by atoms with Gasteiger partial charge < -0.3 is 19.9 Å². The maximum absolute atomic E-state index is 12.5. The summed E-state index contributed by atoms with van der Waals surface area (Å²) in [5.41, 5.74) is 3.77. The van der Waals surface area contributed by atoms with E-state index in [1.54, 1.807) is 4.90 Å². The van der Waals surface area contributed by atoms with Gasteiger partial charge in [0.15, 0.2) is 6.54 Å². The summed E-state index contributed by atoms with van der Waals surface area (Å²) in [6.45, 7) is 8.66. The molecule has 2 heterocycles. The minimum Gasteiger partial charge on any atom is -0.493 e. The van der Waals surface area contributed by atoms with Gasteiger partial charge in [0, 0.05) is 17.0 Å². The molecular formula is C23H30ClN3O2+2. The molecule has 4 rings (SSSR count). The van der Waals surface area contributed by atoms with Crippen LogP contribution in [0.4, 0.5) is 0 Å². The average Bonchev–Trinajstić information content (AvgIpc) is 3.17. The van der Waals surface area contributed by atoms with Crippen molar-refractivity contribution >= 4 is 17.5 Å². The molecule has 154 valence electrons. The summed E-state index contributed by atoms with van der Waals surface area (Å²) >= 11 is 6.06.